The van der Waals surface area contributed by atoms with E-state index in [2.05, 4.69) is 4.98 Å². The molecule has 1 rings (SSSR count). The summed E-state index contributed by atoms with van der Waals surface area (Å²) in [5.74, 6) is -3.03. The summed E-state index contributed by atoms with van der Waals surface area (Å²) < 4.78 is 37.4. The van der Waals surface area contributed by atoms with Gasteiger partial charge >= 0.3 is 5.97 Å². The van der Waals surface area contributed by atoms with Crippen molar-refractivity contribution in [2.45, 2.75) is 13.0 Å². The topological polar surface area (TPSA) is 76.2 Å². The van der Waals surface area contributed by atoms with Crippen LogP contribution in [0.15, 0.2) is 6.07 Å². The Morgan fingerprint density at radius 2 is 2.20 bits per heavy atom. The number of aromatic nitrogens is 1. The van der Waals surface area contributed by atoms with Gasteiger partial charge in [-0.3, -0.25) is 0 Å². The lowest BCUT2D eigenvalue weighted by Crippen LogP contribution is -2.13. The van der Waals surface area contributed by atoms with Crippen LogP contribution in [-0.2, 0) is 6.54 Å². The highest BCUT2D eigenvalue weighted by Gasteiger charge is 2.21. The number of aromatic carboxylic acids is 1. The second kappa shape index (κ2) is 4.26. The zero-order chi connectivity index (χ0) is 11.6. The fraction of sp³-hybridized carbons (Fsp3) is 0.250. The lowest BCUT2D eigenvalue weighted by atomic mass is 10.1. The Balaban J connectivity index is 3.37. The Bertz CT molecular complexity index is 396. The van der Waals surface area contributed by atoms with Gasteiger partial charge in [-0.05, 0) is 11.6 Å². The van der Waals surface area contributed by atoms with Crippen LogP contribution in [0.2, 0.25) is 0 Å². The summed E-state index contributed by atoms with van der Waals surface area (Å²) in [5, 5.41) is 8.58. The molecule has 1 heterocycles. The number of pyridine rings is 1. The van der Waals surface area contributed by atoms with E-state index >= 15 is 0 Å². The highest BCUT2D eigenvalue weighted by molar-refractivity contribution is 5.89. The van der Waals surface area contributed by atoms with Crippen LogP contribution < -0.4 is 5.73 Å². The predicted octanol–water partition coefficient (Wildman–Crippen LogP) is 1.32. The molecule has 7 heteroatoms. The smallest absolute Gasteiger partial charge is 0.340 e. The molecule has 0 unspecified atom stereocenters. The van der Waals surface area contributed by atoms with Gasteiger partial charge in [0.25, 0.3) is 6.43 Å². The summed E-state index contributed by atoms with van der Waals surface area (Å²) in [6.07, 6.45) is -2.97. The largest absolute Gasteiger partial charge is 0.478 e. The Morgan fingerprint density at radius 1 is 1.60 bits per heavy atom. The standard InChI is InChI=1S/C8H7F3N2O2/c9-6(10)4-1-3(2-12)5(8(14)15)7(11)13-4/h1,6H,2,12H2,(H,14,15). The number of rotatable bonds is 3. The number of nitrogens with two attached hydrogens (primary N) is 1. The Labute approximate surface area is 82.5 Å². The molecule has 15 heavy (non-hydrogen) atoms. The van der Waals surface area contributed by atoms with E-state index in [-0.39, 0.29) is 12.1 Å². The van der Waals surface area contributed by atoms with Gasteiger partial charge in [-0.15, -0.1) is 0 Å². The quantitative estimate of drug-likeness (QED) is 0.753. The van der Waals surface area contributed by atoms with E-state index in [9.17, 15) is 18.0 Å². The maximum absolute atomic E-state index is 13.0. The van der Waals surface area contributed by atoms with E-state index in [4.69, 9.17) is 10.8 Å². The van der Waals surface area contributed by atoms with Gasteiger partial charge < -0.3 is 10.8 Å². The SMILES string of the molecule is NCc1cc(C(F)F)nc(F)c1C(=O)O. The van der Waals surface area contributed by atoms with Gasteiger partial charge in [-0.1, -0.05) is 0 Å². The summed E-state index contributed by atoms with van der Waals surface area (Å²) in [6, 6.07) is 0.789. The maximum Gasteiger partial charge on any atom is 0.340 e. The fourth-order valence-corrected chi connectivity index (χ4v) is 1.08. The monoisotopic (exact) mass is 220 g/mol. The fourth-order valence-electron chi connectivity index (χ4n) is 1.08. The molecule has 0 aliphatic rings. The maximum atomic E-state index is 13.0. The molecular weight excluding hydrogens is 213 g/mol. The summed E-state index contributed by atoms with van der Waals surface area (Å²) in [6.45, 7) is -0.346. The summed E-state index contributed by atoms with van der Waals surface area (Å²) in [7, 11) is 0. The second-order valence-corrected chi connectivity index (χ2v) is 2.68. The third-order valence-electron chi connectivity index (χ3n) is 1.73. The van der Waals surface area contributed by atoms with Gasteiger partial charge in [0, 0.05) is 6.54 Å². The first-order valence-electron chi connectivity index (χ1n) is 3.88. The van der Waals surface area contributed by atoms with Crippen LogP contribution in [0.4, 0.5) is 13.2 Å². The molecule has 0 radical (unpaired) electrons. The van der Waals surface area contributed by atoms with Crippen LogP contribution in [0, 0.1) is 5.95 Å². The Kier molecular flexibility index (Phi) is 3.25. The van der Waals surface area contributed by atoms with Crippen LogP contribution in [0.5, 0.6) is 0 Å². The van der Waals surface area contributed by atoms with Gasteiger partial charge in [0.05, 0.1) is 0 Å². The van der Waals surface area contributed by atoms with Crippen LogP contribution in [0.3, 0.4) is 0 Å². The van der Waals surface area contributed by atoms with Gasteiger partial charge in [-0.2, -0.15) is 4.39 Å². The molecular formula is C8H7F3N2O2. The Morgan fingerprint density at radius 3 is 2.60 bits per heavy atom. The molecule has 1 aromatic heterocycles. The van der Waals surface area contributed by atoms with Crippen molar-refractivity contribution in [3.63, 3.8) is 0 Å². The van der Waals surface area contributed by atoms with Crippen molar-refractivity contribution < 1.29 is 23.1 Å². The minimum absolute atomic E-state index is 0.203. The molecule has 1 aromatic rings. The predicted molar refractivity (Wildman–Crippen MR) is 44.0 cm³/mol. The first-order valence-corrected chi connectivity index (χ1v) is 3.88. The van der Waals surface area contributed by atoms with Gasteiger partial charge in [-0.25, -0.2) is 18.6 Å². The summed E-state index contributed by atoms with van der Waals surface area (Å²) in [4.78, 5) is 13.4. The zero-order valence-electron chi connectivity index (χ0n) is 7.38. The summed E-state index contributed by atoms with van der Waals surface area (Å²) in [5.41, 5.74) is 3.34. The molecule has 82 valence electrons. The average Bonchev–Trinajstić information content (AvgIpc) is 2.15. The second-order valence-electron chi connectivity index (χ2n) is 2.68. The molecule has 0 aliphatic heterocycles. The van der Waals surface area contributed by atoms with Gasteiger partial charge in [0.15, 0.2) is 0 Å². The molecule has 0 aromatic carbocycles. The van der Waals surface area contributed by atoms with E-state index < -0.39 is 29.6 Å². The molecule has 3 N–H and O–H groups in total. The molecule has 0 spiro atoms. The zero-order valence-corrected chi connectivity index (χ0v) is 7.38. The number of carboxylic acid groups (broad SMARTS) is 1. The lowest BCUT2D eigenvalue weighted by molar-refractivity contribution is 0.0688. The number of hydrogen-bond acceptors (Lipinski definition) is 3. The number of carboxylic acids is 1. The number of hydrogen-bond donors (Lipinski definition) is 2. The summed E-state index contributed by atoms with van der Waals surface area (Å²) >= 11 is 0. The minimum atomic E-state index is -2.97. The van der Waals surface area contributed by atoms with Crippen molar-refractivity contribution in [2.75, 3.05) is 0 Å². The van der Waals surface area contributed by atoms with Gasteiger partial charge in [0.1, 0.15) is 11.3 Å². The minimum Gasteiger partial charge on any atom is -0.478 e. The molecule has 0 atom stereocenters. The third kappa shape index (κ3) is 2.24. The van der Waals surface area contributed by atoms with E-state index in [0.29, 0.717) is 0 Å². The number of nitrogens with zero attached hydrogens (tertiary/aromatic N) is 1. The third-order valence-corrected chi connectivity index (χ3v) is 1.73. The van der Waals surface area contributed by atoms with Crippen molar-refractivity contribution in [3.8, 4) is 0 Å². The number of alkyl halides is 2. The number of halogens is 3. The normalized spacial score (nSPS) is 10.7. The Hall–Kier alpha value is -1.63. The highest BCUT2D eigenvalue weighted by atomic mass is 19.3. The molecule has 0 saturated carbocycles. The van der Waals surface area contributed by atoms with Crippen molar-refractivity contribution >= 4 is 5.97 Å². The lowest BCUT2D eigenvalue weighted by Gasteiger charge is -2.06. The van der Waals surface area contributed by atoms with Crippen molar-refractivity contribution in [3.05, 3.63) is 28.8 Å². The molecule has 0 fully saturated rings. The molecule has 0 saturated heterocycles. The first-order chi connectivity index (χ1) is 6.97. The molecule has 4 nitrogen and oxygen atoms in total. The highest BCUT2D eigenvalue weighted by Crippen LogP contribution is 2.21. The van der Waals surface area contributed by atoms with Crippen molar-refractivity contribution in [1.29, 1.82) is 0 Å². The van der Waals surface area contributed by atoms with Crippen LogP contribution in [-0.4, -0.2) is 16.1 Å². The van der Waals surface area contributed by atoms with Crippen LogP contribution >= 0.6 is 0 Å². The van der Waals surface area contributed by atoms with Crippen molar-refractivity contribution in [2.24, 2.45) is 5.73 Å². The average molecular weight is 220 g/mol. The van der Waals surface area contributed by atoms with Crippen molar-refractivity contribution in [1.82, 2.24) is 4.98 Å². The molecule has 0 aliphatic carbocycles. The first kappa shape index (κ1) is 11.4. The van der Waals surface area contributed by atoms with Crippen LogP contribution in [0.25, 0.3) is 0 Å². The van der Waals surface area contributed by atoms with E-state index in [1.54, 1.807) is 0 Å². The number of carbonyl (C=O) groups is 1. The molecule has 0 amide bonds. The van der Waals surface area contributed by atoms with E-state index in [1.165, 1.54) is 0 Å². The van der Waals surface area contributed by atoms with Gasteiger partial charge in [0.2, 0.25) is 5.95 Å². The van der Waals surface area contributed by atoms with Crippen LogP contribution in [0.1, 0.15) is 28.0 Å². The van der Waals surface area contributed by atoms with E-state index in [0.717, 1.165) is 6.07 Å². The molecule has 0 bridgehead atoms. The van der Waals surface area contributed by atoms with E-state index in [1.807, 2.05) is 0 Å².